The average Bonchev–Trinajstić information content (AvgIpc) is 2.43. The lowest BCUT2D eigenvalue weighted by atomic mass is 10.2. The quantitative estimate of drug-likeness (QED) is 0.698. The van der Waals surface area contributed by atoms with E-state index < -0.39 is 0 Å². The second-order valence-electron chi connectivity index (χ2n) is 3.34. The molecule has 0 unspecified atom stereocenters. The molecule has 2 heterocycles. The Balaban J connectivity index is 2.62. The van der Waals surface area contributed by atoms with E-state index in [4.69, 9.17) is 0 Å². The van der Waals surface area contributed by atoms with Crippen LogP contribution in [0.4, 0.5) is 0 Å². The van der Waals surface area contributed by atoms with Crippen LogP contribution < -0.4 is 0 Å². The van der Waals surface area contributed by atoms with Crippen LogP contribution in [-0.2, 0) is 0 Å². The van der Waals surface area contributed by atoms with E-state index in [1.807, 2.05) is 38.1 Å². The third kappa shape index (κ3) is 1.27. The monoisotopic (exact) mass is 188 g/mol. The van der Waals surface area contributed by atoms with Crippen molar-refractivity contribution in [2.45, 2.75) is 13.8 Å². The summed E-state index contributed by atoms with van der Waals surface area (Å²) in [6.45, 7) is 3.82. The summed E-state index contributed by atoms with van der Waals surface area (Å²) in [6.07, 6.45) is 1.72. The molecule has 3 heteroatoms. The lowest BCUT2D eigenvalue weighted by Crippen LogP contribution is -1.97. The molecule has 2 aromatic heterocycles. The van der Waals surface area contributed by atoms with Crippen molar-refractivity contribution >= 4 is 0 Å². The maximum Gasteiger partial charge on any atom is 0.108 e. The first-order valence-corrected chi connectivity index (χ1v) is 4.50. The highest BCUT2D eigenvalue weighted by molar-refractivity contribution is 5.60. The van der Waals surface area contributed by atoms with E-state index in [-0.39, 0.29) is 0 Å². The van der Waals surface area contributed by atoms with Crippen LogP contribution in [0.5, 0.6) is 0 Å². The van der Waals surface area contributed by atoms with Gasteiger partial charge in [0.15, 0.2) is 0 Å². The first kappa shape index (κ1) is 8.81. The molecular formula is C11H12N2O. The zero-order chi connectivity index (χ0) is 10.1. The predicted molar refractivity (Wildman–Crippen MR) is 54.3 cm³/mol. The molecule has 72 valence electrons. The minimum atomic E-state index is 0.767. The van der Waals surface area contributed by atoms with Crippen LogP contribution in [0.1, 0.15) is 11.3 Å². The average molecular weight is 188 g/mol. The molecule has 0 saturated carbocycles. The van der Waals surface area contributed by atoms with Crippen LogP contribution in [0.2, 0.25) is 0 Å². The summed E-state index contributed by atoms with van der Waals surface area (Å²) in [6, 6.07) is 7.58. The van der Waals surface area contributed by atoms with E-state index in [0.717, 1.165) is 22.6 Å². The molecule has 0 aliphatic carbocycles. The Morgan fingerprint density at radius 2 is 2.07 bits per heavy atom. The summed E-state index contributed by atoms with van der Waals surface area (Å²) in [5, 5.41) is 9.75. The van der Waals surface area contributed by atoms with Crippen molar-refractivity contribution in [3.63, 3.8) is 0 Å². The number of hydrogen-bond donors (Lipinski definition) is 1. The SMILES string of the molecule is Cc1cc(C)n(O)c1-c1ccccn1. The van der Waals surface area contributed by atoms with Gasteiger partial charge in [0.25, 0.3) is 0 Å². The first-order chi connectivity index (χ1) is 6.70. The van der Waals surface area contributed by atoms with Crippen LogP contribution in [0, 0.1) is 13.8 Å². The van der Waals surface area contributed by atoms with E-state index in [9.17, 15) is 5.21 Å². The van der Waals surface area contributed by atoms with E-state index in [1.54, 1.807) is 6.20 Å². The Kier molecular flexibility index (Phi) is 2.00. The van der Waals surface area contributed by atoms with Crippen LogP contribution in [0.3, 0.4) is 0 Å². The van der Waals surface area contributed by atoms with E-state index in [2.05, 4.69) is 4.98 Å². The van der Waals surface area contributed by atoms with Gasteiger partial charge in [0, 0.05) is 6.20 Å². The fraction of sp³-hybridized carbons (Fsp3) is 0.182. The molecule has 0 radical (unpaired) electrons. The number of nitrogens with zero attached hydrogens (tertiary/aromatic N) is 2. The highest BCUT2D eigenvalue weighted by Gasteiger charge is 2.11. The number of pyridine rings is 1. The van der Waals surface area contributed by atoms with Gasteiger partial charge in [0.1, 0.15) is 5.69 Å². The zero-order valence-corrected chi connectivity index (χ0v) is 8.23. The molecule has 0 saturated heterocycles. The number of aromatic nitrogens is 2. The Morgan fingerprint density at radius 3 is 2.57 bits per heavy atom. The van der Waals surface area contributed by atoms with Crippen molar-refractivity contribution in [3.8, 4) is 11.4 Å². The van der Waals surface area contributed by atoms with Gasteiger partial charge in [-0.1, -0.05) is 6.07 Å². The van der Waals surface area contributed by atoms with Gasteiger partial charge in [-0.3, -0.25) is 4.98 Å². The van der Waals surface area contributed by atoms with Crippen molar-refractivity contribution in [2.24, 2.45) is 0 Å². The first-order valence-electron chi connectivity index (χ1n) is 4.50. The molecule has 2 aromatic rings. The third-order valence-corrected chi connectivity index (χ3v) is 2.25. The Bertz CT molecular complexity index is 446. The molecular weight excluding hydrogens is 176 g/mol. The Morgan fingerprint density at radius 1 is 1.29 bits per heavy atom. The van der Waals surface area contributed by atoms with Crippen LogP contribution in [0.25, 0.3) is 11.4 Å². The van der Waals surface area contributed by atoms with E-state index in [1.165, 1.54) is 4.73 Å². The maximum absolute atomic E-state index is 9.75. The summed E-state index contributed by atoms with van der Waals surface area (Å²) in [4.78, 5) is 4.20. The summed E-state index contributed by atoms with van der Waals surface area (Å²) in [5.41, 5.74) is 3.41. The van der Waals surface area contributed by atoms with E-state index >= 15 is 0 Å². The summed E-state index contributed by atoms with van der Waals surface area (Å²) in [5.74, 6) is 0. The van der Waals surface area contributed by atoms with E-state index in [0.29, 0.717) is 0 Å². The van der Waals surface area contributed by atoms with Gasteiger partial charge < -0.3 is 5.21 Å². The van der Waals surface area contributed by atoms with Crippen LogP contribution >= 0.6 is 0 Å². The molecule has 0 aromatic carbocycles. The lowest BCUT2D eigenvalue weighted by molar-refractivity contribution is 0.185. The van der Waals surface area contributed by atoms with Gasteiger partial charge in [-0.05, 0) is 37.6 Å². The van der Waals surface area contributed by atoms with Crippen molar-refractivity contribution in [2.75, 3.05) is 0 Å². The lowest BCUT2D eigenvalue weighted by Gasteiger charge is -2.03. The fourth-order valence-corrected chi connectivity index (χ4v) is 1.60. The normalized spacial score (nSPS) is 10.4. The van der Waals surface area contributed by atoms with Crippen LogP contribution in [-0.4, -0.2) is 14.9 Å². The molecule has 1 N–H and O–H groups in total. The summed E-state index contributed by atoms with van der Waals surface area (Å²) < 4.78 is 1.18. The van der Waals surface area contributed by atoms with Gasteiger partial charge in [0.2, 0.25) is 0 Å². The standard InChI is InChI=1S/C11H12N2O/c1-8-7-9(2)13(14)11(8)10-5-3-4-6-12-10/h3-7,14H,1-2H3. The van der Waals surface area contributed by atoms with Gasteiger partial charge in [-0.2, -0.15) is 4.73 Å². The van der Waals surface area contributed by atoms with Gasteiger partial charge in [0.05, 0.1) is 11.4 Å². The molecule has 14 heavy (non-hydrogen) atoms. The topological polar surface area (TPSA) is 38.0 Å². The summed E-state index contributed by atoms with van der Waals surface area (Å²) >= 11 is 0. The number of hydrogen-bond acceptors (Lipinski definition) is 2. The molecule has 0 amide bonds. The Hall–Kier alpha value is -1.77. The van der Waals surface area contributed by atoms with Crippen LogP contribution in [0.15, 0.2) is 30.5 Å². The third-order valence-electron chi connectivity index (χ3n) is 2.25. The molecule has 0 bridgehead atoms. The maximum atomic E-state index is 9.75. The highest BCUT2D eigenvalue weighted by Crippen LogP contribution is 2.23. The minimum Gasteiger partial charge on any atom is -0.428 e. The largest absolute Gasteiger partial charge is 0.428 e. The van der Waals surface area contributed by atoms with Crippen molar-refractivity contribution < 1.29 is 5.21 Å². The molecule has 2 rings (SSSR count). The van der Waals surface area contributed by atoms with Crippen molar-refractivity contribution in [1.82, 2.24) is 9.71 Å². The van der Waals surface area contributed by atoms with Gasteiger partial charge in [-0.25, -0.2) is 0 Å². The molecule has 0 aliphatic heterocycles. The molecule has 3 nitrogen and oxygen atoms in total. The number of rotatable bonds is 1. The molecule has 0 atom stereocenters. The second kappa shape index (κ2) is 3.18. The fourth-order valence-electron chi connectivity index (χ4n) is 1.60. The summed E-state index contributed by atoms with van der Waals surface area (Å²) in [7, 11) is 0. The molecule has 0 fully saturated rings. The molecule has 0 aliphatic rings. The minimum absolute atomic E-state index is 0.767. The van der Waals surface area contributed by atoms with Crippen molar-refractivity contribution in [1.29, 1.82) is 0 Å². The molecule has 0 spiro atoms. The zero-order valence-electron chi connectivity index (χ0n) is 8.23. The smallest absolute Gasteiger partial charge is 0.108 e. The second-order valence-corrected chi connectivity index (χ2v) is 3.34. The van der Waals surface area contributed by atoms with Crippen molar-refractivity contribution in [3.05, 3.63) is 41.7 Å². The predicted octanol–water partition coefficient (Wildman–Crippen LogP) is 2.40. The van der Waals surface area contributed by atoms with Gasteiger partial charge in [-0.15, -0.1) is 0 Å². The Labute approximate surface area is 82.6 Å². The van der Waals surface area contributed by atoms with Gasteiger partial charge >= 0.3 is 0 Å². The number of aryl methyl sites for hydroxylation is 2. The highest BCUT2D eigenvalue weighted by atomic mass is 16.5.